The van der Waals surface area contributed by atoms with E-state index in [4.69, 9.17) is 4.74 Å². The van der Waals surface area contributed by atoms with Gasteiger partial charge in [0, 0.05) is 25.3 Å². The first-order valence-corrected chi connectivity index (χ1v) is 9.11. The van der Waals surface area contributed by atoms with Gasteiger partial charge in [-0.3, -0.25) is 9.59 Å². The third-order valence-electron chi connectivity index (χ3n) is 4.55. The monoisotopic (exact) mass is 368 g/mol. The minimum atomic E-state index is -0.634. The smallest absolute Gasteiger partial charge is 0.265 e. The number of aryl methyl sites for hydroxylation is 1. The van der Waals surface area contributed by atoms with Crippen LogP contribution >= 0.6 is 0 Å². The zero-order chi connectivity index (χ0) is 20.1. The van der Waals surface area contributed by atoms with E-state index in [9.17, 15) is 9.59 Å². The van der Waals surface area contributed by atoms with Crippen molar-refractivity contribution in [3.8, 4) is 5.75 Å². The van der Waals surface area contributed by atoms with Crippen LogP contribution in [0.4, 0.5) is 11.4 Å². The predicted octanol–water partition coefficient (Wildman–Crippen LogP) is 4.51. The van der Waals surface area contributed by atoms with Crippen LogP contribution in [0.2, 0.25) is 0 Å². The van der Waals surface area contributed by atoms with Gasteiger partial charge in [-0.2, -0.15) is 0 Å². The SMILES string of the molecule is CC(=O)N(C)c1ccc(NC(=O)C(C)Oc2cc(C(C)C)ccc2C)cc1. The van der Waals surface area contributed by atoms with E-state index >= 15 is 0 Å². The summed E-state index contributed by atoms with van der Waals surface area (Å²) in [6, 6.07) is 13.2. The Hall–Kier alpha value is -2.82. The molecule has 0 bridgehead atoms. The lowest BCUT2D eigenvalue weighted by atomic mass is 10.0. The van der Waals surface area contributed by atoms with Gasteiger partial charge in [0.15, 0.2) is 6.10 Å². The van der Waals surface area contributed by atoms with Crippen LogP contribution in [0.3, 0.4) is 0 Å². The molecule has 0 fully saturated rings. The number of ether oxygens (including phenoxy) is 1. The molecule has 5 heteroatoms. The van der Waals surface area contributed by atoms with Crippen molar-refractivity contribution in [3.63, 3.8) is 0 Å². The highest BCUT2D eigenvalue weighted by atomic mass is 16.5. The maximum absolute atomic E-state index is 12.5. The Morgan fingerprint density at radius 1 is 1.04 bits per heavy atom. The van der Waals surface area contributed by atoms with Crippen LogP contribution in [-0.4, -0.2) is 25.0 Å². The number of amides is 2. The van der Waals surface area contributed by atoms with E-state index in [2.05, 4.69) is 25.2 Å². The van der Waals surface area contributed by atoms with E-state index in [0.717, 1.165) is 17.0 Å². The molecule has 1 unspecified atom stereocenters. The van der Waals surface area contributed by atoms with Crippen LogP contribution in [0.1, 0.15) is 44.7 Å². The van der Waals surface area contributed by atoms with Crippen molar-refractivity contribution in [2.24, 2.45) is 0 Å². The molecule has 0 spiro atoms. The topological polar surface area (TPSA) is 58.6 Å². The van der Waals surface area contributed by atoms with Crippen molar-refractivity contribution in [2.45, 2.75) is 46.6 Å². The Labute approximate surface area is 161 Å². The zero-order valence-corrected chi connectivity index (χ0v) is 16.9. The third kappa shape index (κ3) is 5.33. The fraction of sp³-hybridized carbons (Fsp3) is 0.364. The summed E-state index contributed by atoms with van der Waals surface area (Å²) >= 11 is 0. The Kier molecular flexibility index (Phi) is 6.61. The number of benzene rings is 2. The van der Waals surface area contributed by atoms with E-state index in [0.29, 0.717) is 11.6 Å². The highest BCUT2D eigenvalue weighted by Gasteiger charge is 2.17. The number of carbonyl (C=O) groups excluding carboxylic acids is 2. The van der Waals surface area contributed by atoms with E-state index in [1.54, 1.807) is 43.1 Å². The van der Waals surface area contributed by atoms with Gasteiger partial charge in [0.2, 0.25) is 5.91 Å². The Balaban J connectivity index is 2.04. The van der Waals surface area contributed by atoms with Gasteiger partial charge in [0.25, 0.3) is 5.91 Å². The molecular formula is C22H28N2O3. The number of anilines is 2. The lowest BCUT2D eigenvalue weighted by Gasteiger charge is -2.18. The fourth-order valence-corrected chi connectivity index (χ4v) is 2.54. The van der Waals surface area contributed by atoms with E-state index in [1.165, 1.54) is 12.5 Å². The predicted molar refractivity (Wildman–Crippen MR) is 110 cm³/mol. The molecule has 1 atom stereocenters. The molecule has 2 aromatic carbocycles. The van der Waals surface area contributed by atoms with E-state index in [-0.39, 0.29) is 11.8 Å². The van der Waals surface area contributed by atoms with Gasteiger partial charge in [-0.1, -0.05) is 26.0 Å². The van der Waals surface area contributed by atoms with Gasteiger partial charge in [0.1, 0.15) is 5.75 Å². The lowest BCUT2D eigenvalue weighted by Crippen LogP contribution is -2.30. The number of carbonyl (C=O) groups is 2. The van der Waals surface area contributed by atoms with Gasteiger partial charge in [-0.05, 0) is 61.2 Å². The number of hydrogen-bond acceptors (Lipinski definition) is 3. The second-order valence-electron chi connectivity index (χ2n) is 7.05. The average molecular weight is 368 g/mol. The van der Waals surface area contributed by atoms with Crippen molar-refractivity contribution >= 4 is 23.2 Å². The quantitative estimate of drug-likeness (QED) is 0.816. The molecule has 2 aromatic rings. The number of nitrogens with zero attached hydrogens (tertiary/aromatic N) is 1. The van der Waals surface area contributed by atoms with Crippen LogP contribution in [0.15, 0.2) is 42.5 Å². The molecule has 5 nitrogen and oxygen atoms in total. The average Bonchev–Trinajstić information content (AvgIpc) is 2.63. The molecule has 2 rings (SSSR count). The second-order valence-corrected chi connectivity index (χ2v) is 7.05. The van der Waals surface area contributed by atoms with Crippen LogP contribution in [0.5, 0.6) is 5.75 Å². The van der Waals surface area contributed by atoms with Gasteiger partial charge in [-0.15, -0.1) is 0 Å². The van der Waals surface area contributed by atoms with Crippen molar-refractivity contribution in [2.75, 3.05) is 17.3 Å². The van der Waals surface area contributed by atoms with Gasteiger partial charge in [0.05, 0.1) is 0 Å². The van der Waals surface area contributed by atoms with Crippen LogP contribution < -0.4 is 15.0 Å². The highest BCUT2D eigenvalue weighted by molar-refractivity contribution is 5.95. The number of nitrogens with one attached hydrogen (secondary N) is 1. The van der Waals surface area contributed by atoms with Crippen LogP contribution in [0, 0.1) is 6.92 Å². The first-order chi connectivity index (χ1) is 12.7. The third-order valence-corrected chi connectivity index (χ3v) is 4.55. The Morgan fingerprint density at radius 2 is 1.67 bits per heavy atom. The molecule has 0 heterocycles. The van der Waals surface area contributed by atoms with Gasteiger partial charge >= 0.3 is 0 Å². The molecule has 2 amide bonds. The molecule has 1 N–H and O–H groups in total. The standard InChI is InChI=1S/C22H28N2O3/c1-14(2)18-8-7-15(3)21(13-18)27-16(4)22(26)23-19-9-11-20(12-10-19)24(6)17(5)25/h7-14,16H,1-6H3,(H,23,26). The summed E-state index contributed by atoms with van der Waals surface area (Å²) < 4.78 is 5.90. The molecule has 0 aromatic heterocycles. The molecule has 0 aliphatic heterocycles. The van der Waals surface area contributed by atoms with Crippen molar-refractivity contribution < 1.29 is 14.3 Å². The Bertz CT molecular complexity index is 813. The summed E-state index contributed by atoms with van der Waals surface area (Å²) in [4.78, 5) is 25.4. The summed E-state index contributed by atoms with van der Waals surface area (Å²) in [6.45, 7) is 9.45. The van der Waals surface area contributed by atoms with Gasteiger partial charge < -0.3 is 15.0 Å². The summed E-state index contributed by atoms with van der Waals surface area (Å²) in [7, 11) is 1.71. The summed E-state index contributed by atoms with van der Waals surface area (Å²) in [6.07, 6.45) is -0.634. The molecule has 0 saturated carbocycles. The molecule has 27 heavy (non-hydrogen) atoms. The normalized spacial score (nSPS) is 11.8. The lowest BCUT2D eigenvalue weighted by molar-refractivity contribution is -0.122. The summed E-state index contributed by atoms with van der Waals surface area (Å²) in [5.74, 6) is 0.843. The molecule has 0 aliphatic rings. The second kappa shape index (κ2) is 8.71. The molecule has 0 radical (unpaired) electrons. The highest BCUT2D eigenvalue weighted by Crippen LogP contribution is 2.25. The maximum atomic E-state index is 12.5. The summed E-state index contributed by atoms with van der Waals surface area (Å²) in [5, 5.41) is 2.85. The summed E-state index contributed by atoms with van der Waals surface area (Å²) in [5.41, 5.74) is 3.60. The zero-order valence-electron chi connectivity index (χ0n) is 16.9. The number of hydrogen-bond donors (Lipinski definition) is 1. The van der Waals surface area contributed by atoms with E-state index in [1.807, 2.05) is 19.1 Å². The minimum absolute atomic E-state index is 0.0483. The molecule has 144 valence electrons. The van der Waals surface area contributed by atoms with Gasteiger partial charge in [-0.25, -0.2) is 0 Å². The number of rotatable bonds is 6. The maximum Gasteiger partial charge on any atom is 0.265 e. The van der Waals surface area contributed by atoms with Crippen LogP contribution in [-0.2, 0) is 9.59 Å². The largest absolute Gasteiger partial charge is 0.481 e. The first-order valence-electron chi connectivity index (χ1n) is 9.11. The Morgan fingerprint density at radius 3 is 2.22 bits per heavy atom. The van der Waals surface area contributed by atoms with Crippen LogP contribution in [0.25, 0.3) is 0 Å². The fourth-order valence-electron chi connectivity index (χ4n) is 2.54. The van der Waals surface area contributed by atoms with Crippen molar-refractivity contribution in [3.05, 3.63) is 53.6 Å². The molecule has 0 saturated heterocycles. The first kappa shape index (κ1) is 20.5. The minimum Gasteiger partial charge on any atom is -0.481 e. The van der Waals surface area contributed by atoms with E-state index < -0.39 is 6.10 Å². The molecule has 0 aliphatic carbocycles. The molecular weight excluding hydrogens is 340 g/mol. The van der Waals surface area contributed by atoms with Crippen molar-refractivity contribution in [1.82, 2.24) is 0 Å². The van der Waals surface area contributed by atoms with Crippen molar-refractivity contribution in [1.29, 1.82) is 0 Å².